The SMILES string of the molecule is N#Cc1ccc(Br)cc1Oc1ccc(F)c(F)c1. The second kappa shape index (κ2) is 5.15. The Morgan fingerprint density at radius 3 is 2.50 bits per heavy atom. The van der Waals surface area contributed by atoms with E-state index in [4.69, 9.17) is 10.00 Å². The highest BCUT2D eigenvalue weighted by atomic mass is 79.9. The first-order valence-corrected chi connectivity index (χ1v) is 5.72. The van der Waals surface area contributed by atoms with Crippen LogP contribution in [0.25, 0.3) is 0 Å². The van der Waals surface area contributed by atoms with E-state index in [2.05, 4.69) is 15.9 Å². The molecule has 0 saturated carbocycles. The van der Waals surface area contributed by atoms with E-state index < -0.39 is 11.6 Å². The van der Waals surface area contributed by atoms with Crippen molar-refractivity contribution in [2.75, 3.05) is 0 Å². The number of hydrogen-bond donors (Lipinski definition) is 0. The first-order chi connectivity index (χ1) is 8.60. The van der Waals surface area contributed by atoms with Crippen molar-refractivity contribution < 1.29 is 13.5 Å². The van der Waals surface area contributed by atoms with E-state index >= 15 is 0 Å². The molecule has 0 amide bonds. The van der Waals surface area contributed by atoms with Crippen LogP contribution in [0.2, 0.25) is 0 Å². The Labute approximate surface area is 111 Å². The molecule has 90 valence electrons. The van der Waals surface area contributed by atoms with Gasteiger partial charge < -0.3 is 4.74 Å². The summed E-state index contributed by atoms with van der Waals surface area (Å²) < 4.78 is 31.9. The summed E-state index contributed by atoms with van der Waals surface area (Å²) in [5.74, 6) is -1.54. The molecule has 0 aliphatic rings. The van der Waals surface area contributed by atoms with Crippen molar-refractivity contribution in [2.24, 2.45) is 0 Å². The summed E-state index contributed by atoms with van der Waals surface area (Å²) in [7, 11) is 0. The molecule has 0 aliphatic carbocycles. The molecule has 0 N–H and O–H groups in total. The van der Waals surface area contributed by atoms with E-state index in [0.717, 1.165) is 16.6 Å². The van der Waals surface area contributed by atoms with Gasteiger partial charge >= 0.3 is 0 Å². The smallest absolute Gasteiger partial charge is 0.162 e. The summed E-state index contributed by atoms with van der Waals surface area (Å²) in [4.78, 5) is 0. The van der Waals surface area contributed by atoms with Gasteiger partial charge in [0, 0.05) is 10.5 Å². The van der Waals surface area contributed by atoms with Crippen LogP contribution in [0.4, 0.5) is 8.78 Å². The van der Waals surface area contributed by atoms with Crippen LogP contribution in [0, 0.1) is 23.0 Å². The van der Waals surface area contributed by atoms with E-state index in [-0.39, 0.29) is 11.5 Å². The lowest BCUT2D eigenvalue weighted by Crippen LogP contribution is -1.90. The van der Waals surface area contributed by atoms with Crippen LogP contribution in [0.3, 0.4) is 0 Å². The summed E-state index contributed by atoms with van der Waals surface area (Å²) in [6, 6.07) is 9.99. The van der Waals surface area contributed by atoms with Gasteiger partial charge in [-0.2, -0.15) is 5.26 Å². The second-order valence-corrected chi connectivity index (χ2v) is 4.35. The average Bonchev–Trinajstić information content (AvgIpc) is 2.34. The number of nitrogens with zero attached hydrogens (tertiary/aromatic N) is 1. The molecule has 2 rings (SSSR count). The second-order valence-electron chi connectivity index (χ2n) is 3.43. The van der Waals surface area contributed by atoms with Crippen molar-refractivity contribution in [3.05, 3.63) is 58.1 Å². The summed E-state index contributed by atoms with van der Waals surface area (Å²) in [5, 5.41) is 8.91. The van der Waals surface area contributed by atoms with Gasteiger partial charge in [-0.05, 0) is 30.3 Å². The fourth-order valence-electron chi connectivity index (χ4n) is 1.34. The van der Waals surface area contributed by atoms with Gasteiger partial charge in [-0.3, -0.25) is 0 Å². The number of halogens is 3. The van der Waals surface area contributed by atoms with Gasteiger partial charge in [0.15, 0.2) is 11.6 Å². The van der Waals surface area contributed by atoms with Gasteiger partial charge in [0.25, 0.3) is 0 Å². The summed E-state index contributed by atoms with van der Waals surface area (Å²) in [6.45, 7) is 0. The Kier molecular flexibility index (Phi) is 3.58. The van der Waals surface area contributed by atoms with E-state index in [0.29, 0.717) is 5.56 Å². The van der Waals surface area contributed by atoms with E-state index in [9.17, 15) is 8.78 Å². The fraction of sp³-hybridized carbons (Fsp3) is 0. The Balaban J connectivity index is 2.36. The normalized spacial score (nSPS) is 9.89. The van der Waals surface area contributed by atoms with E-state index in [1.165, 1.54) is 6.07 Å². The van der Waals surface area contributed by atoms with Crippen molar-refractivity contribution in [1.29, 1.82) is 5.26 Å². The summed E-state index contributed by atoms with van der Waals surface area (Å²) in [5.41, 5.74) is 0.308. The quantitative estimate of drug-likeness (QED) is 0.824. The van der Waals surface area contributed by atoms with Gasteiger partial charge in [0.05, 0.1) is 5.56 Å². The molecular weight excluding hydrogens is 304 g/mol. The zero-order chi connectivity index (χ0) is 13.1. The number of benzene rings is 2. The largest absolute Gasteiger partial charge is 0.456 e. The van der Waals surface area contributed by atoms with Crippen molar-refractivity contribution in [1.82, 2.24) is 0 Å². The van der Waals surface area contributed by atoms with Gasteiger partial charge in [0.1, 0.15) is 17.6 Å². The maximum absolute atomic E-state index is 13.0. The molecular formula is C13H6BrF2NO. The maximum Gasteiger partial charge on any atom is 0.162 e. The standard InChI is InChI=1S/C13H6BrF2NO/c14-9-2-1-8(7-17)13(5-9)18-10-3-4-11(15)12(16)6-10/h1-6H. The van der Waals surface area contributed by atoms with Crippen LogP contribution in [0.1, 0.15) is 5.56 Å². The predicted octanol–water partition coefficient (Wildman–Crippen LogP) is 4.39. The van der Waals surface area contributed by atoms with Crippen molar-refractivity contribution in [3.8, 4) is 17.6 Å². The molecule has 0 atom stereocenters. The van der Waals surface area contributed by atoms with Crippen LogP contribution >= 0.6 is 15.9 Å². The van der Waals surface area contributed by atoms with Crippen LogP contribution < -0.4 is 4.74 Å². The lowest BCUT2D eigenvalue weighted by Gasteiger charge is -2.08. The molecule has 2 aromatic carbocycles. The van der Waals surface area contributed by atoms with Crippen molar-refractivity contribution >= 4 is 15.9 Å². The zero-order valence-electron chi connectivity index (χ0n) is 8.95. The highest BCUT2D eigenvalue weighted by molar-refractivity contribution is 9.10. The lowest BCUT2D eigenvalue weighted by molar-refractivity contribution is 0.460. The molecule has 18 heavy (non-hydrogen) atoms. The van der Waals surface area contributed by atoms with Crippen LogP contribution in [-0.4, -0.2) is 0 Å². The number of ether oxygens (including phenoxy) is 1. The molecule has 2 nitrogen and oxygen atoms in total. The molecule has 0 heterocycles. The minimum absolute atomic E-state index is 0.128. The Hall–Kier alpha value is -1.93. The van der Waals surface area contributed by atoms with Crippen LogP contribution in [-0.2, 0) is 0 Å². The topological polar surface area (TPSA) is 33.0 Å². The van der Waals surface area contributed by atoms with Gasteiger partial charge in [0.2, 0.25) is 0 Å². The summed E-state index contributed by atoms with van der Waals surface area (Å²) >= 11 is 3.24. The van der Waals surface area contributed by atoms with E-state index in [1.54, 1.807) is 18.2 Å². The minimum Gasteiger partial charge on any atom is -0.456 e. The third-order valence-electron chi connectivity index (χ3n) is 2.18. The average molecular weight is 310 g/mol. The molecule has 0 aliphatic heterocycles. The molecule has 0 bridgehead atoms. The van der Waals surface area contributed by atoms with Crippen molar-refractivity contribution in [2.45, 2.75) is 0 Å². The van der Waals surface area contributed by atoms with Crippen LogP contribution in [0.15, 0.2) is 40.9 Å². The fourth-order valence-corrected chi connectivity index (χ4v) is 1.68. The van der Waals surface area contributed by atoms with Gasteiger partial charge in [-0.15, -0.1) is 0 Å². The predicted molar refractivity (Wildman–Crippen MR) is 65.3 cm³/mol. The zero-order valence-corrected chi connectivity index (χ0v) is 10.5. The molecule has 0 spiro atoms. The molecule has 5 heteroatoms. The third-order valence-corrected chi connectivity index (χ3v) is 2.68. The van der Waals surface area contributed by atoms with Crippen molar-refractivity contribution in [3.63, 3.8) is 0 Å². The molecule has 0 aromatic heterocycles. The van der Waals surface area contributed by atoms with Gasteiger partial charge in [-0.25, -0.2) is 8.78 Å². The first kappa shape index (κ1) is 12.5. The van der Waals surface area contributed by atoms with Crippen LogP contribution in [0.5, 0.6) is 11.5 Å². The highest BCUT2D eigenvalue weighted by Crippen LogP contribution is 2.28. The Morgan fingerprint density at radius 1 is 1.06 bits per heavy atom. The lowest BCUT2D eigenvalue weighted by atomic mass is 10.2. The number of nitriles is 1. The Morgan fingerprint density at radius 2 is 1.83 bits per heavy atom. The molecule has 0 saturated heterocycles. The molecule has 0 radical (unpaired) electrons. The molecule has 0 fully saturated rings. The number of rotatable bonds is 2. The molecule has 2 aromatic rings. The maximum atomic E-state index is 13.0. The van der Waals surface area contributed by atoms with Gasteiger partial charge in [-0.1, -0.05) is 15.9 Å². The minimum atomic E-state index is -0.999. The third kappa shape index (κ3) is 2.66. The summed E-state index contributed by atoms with van der Waals surface area (Å²) in [6.07, 6.45) is 0. The first-order valence-electron chi connectivity index (χ1n) is 4.92. The highest BCUT2D eigenvalue weighted by Gasteiger charge is 2.08. The monoisotopic (exact) mass is 309 g/mol. The molecule has 0 unspecified atom stereocenters. The van der Waals surface area contributed by atoms with E-state index in [1.807, 2.05) is 6.07 Å². The Bertz CT molecular complexity index is 637. The number of hydrogen-bond acceptors (Lipinski definition) is 2.